The Balaban J connectivity index is 1.76. The number of hydrogen-bond donors (Lipinski definition) is 2. The summed E-state index contributed by atoms with van der Waals surface area (Å²) >= 11 is 0. The minimum atomic E-state index is -0.526. The number of nitrogens with zero attached hydrogens (tertiary/aromatic N) is 1. The Kier molecular flexibility index (Phi) is 5.26. The second-order valence-electron chi connectivity index (χ2n) is 6.17. The molecule has 0 aliphatic carbocycles. The molecule has 136 valence electrons. The molecule has 0 saturated heterocycles. The molecule has 2 N–H and O–H groups in total. The van der Waals surface area contributed by atoms with Crippen LogP contribution in [0.1, 0.15) is 32.0 Å². The van der Waals surface area contributed by atoms with Gasteiger partial charge in [0.05, 0.1) is 0 Å². The van der Waals surface area contributed by atoms with Crippen LogP contribution in [0.3, 0.4) is 0 Å². The Hall–Kier alpha value is -3.54. The molecule has 1 aromatic heterocycles. The third kappa shape index (κ3) is 4.55. The number of hydrogen-bond acceptors (Lipinski definition) is 3. The average molecular weight is 363 g/mol. The summed E-state index contributed by atoms with van der Waals surface area (Å²) in [6.45, 7) is 3.89. The number of amides is 2. The van der Waals surface area contributed by atoms with Crippen molar-refractivity contribution in [1.82, 2.24) is 4.98 Å². The first-order valence-corrected chi connectivity index (χ1v) is 8.34. The lowest BCUT2D eigenvalue weighted by Gasteiger charge is -2.10. The lowest BCUT2D eigenvalue weighted by Crippen LogP contribution is -2.17. The highest BCUT2D eigenvalue weighted by molar-refractivity contribution is 6.08. The maximum absolute atomic E-state index is 13.2. The zero-order valence-corrected chi connectivity index (χ0v) is 14.9. The first-order chi connectivity index (χ1) is 12.9. The van der Waals surface area contributed by atoms with E-state index in [0.717, 1.165) is 11.1 Å². The van der Waals surface area contributed by atoms with Gasteiger partial charge in [-0.05, 0) is 55.8 Å². The molecule has 0 atom stereocenters. The van der Waals surface area contributed by atoms with Gasteiger partial charge in [0, 0.05) is 23.1 Å². The molecule has 0 spiro atoms. The maximum Gasteiger partial charge on any atom is 0.274 e. The van der Waals surface area contributed by atoms with Crippen LogP contribution in [0.25, 0.3) is 0 Å². The molecule has 3 aromatic rings. The van der Waals surface area contributed by atoms with Crippen LogP contribution in [-0.2, 0) is 0 Å². The van der Waals surface area contributed by atoms with Crippen molar-refractivity contribution >= 4 is 23.2 Å². The zero-order valence-electron chi connectivity index (χ0n) is 14.9. The van der Waals surface area contributed by atoms with E-state index in [-0.39, 0.29) is 11.6 Å². The van der Waals surface area contributed by atoms with Crippen molar-refractivity contribution in [3.8, 4) is 0 Å². The van der Waals surface area contributed by atoms with Gasteiger partial charge in [0.25, 0.3) is 11.8 Å². The van der Waals surface area contributed by atoms with Crippen molar-refractivity contribution in [2.75, 3.05) is 10.6 Å². The summed E-state index contributed by atoms with van der Waals surface area (Å²) in [5.41, 5.74) is 3.43. The number of aryl methyl sites for hydroxylation is 2. The van der Waals surface area contributed by atoms with E-state index < -0.39 is 11.7 Å². The molecule has 6 heteroatoms. The number of nitrogens with one attached hydrogen (secondary N) is 2. The molecule has 1 heterocycles. The molecule has 5 nitrogen and oxygen atoms in total. The van der Waals surface area contributed by atoms with Crippen LogP contribution in [-0.4, -0.2) is 16.8 Å². The van der Waals surface area contributed by atoms with E-state index in [0.29, 0.717) is 16.9 Å². The Labute approximate surface area is 156 Å². The number of carbonyl (C=O) groups is 2. The maximum atomic E-state index is 13.2. The molecule has 2 amide bonds. The predicted octanol–water partition coefficient (Wildman–Crippen LogP) is 4.34. The lowest BCUT2D eigenvalue weighted by molar-refractivity contribution is 0.102. The molecule has 0 aliphatic rings. The number of benzene rings is 2. The van der Waals surface area contributed by atoms with Gasteiger partial charge >= 0.3 is 0 Å². The van der Waals surface area contributed by atoms with Gasteiger partial charge in [-0.25, -0.2) is 4.39 Å². The number of pyridine rings is 1. The van der Waals surface area contributed by atoms with E-state index in [1.54, 1.807) is 6.07 Å². The highest BCUT2D eigenvalue weighted by atomic mass is 19.1. The lowest BCUT2D eigenvalue weighted by atomic mass is 10.1. The van der Waals surface area contributed by atoms with Crippen LogP contribution in [0.4, 0.5) is 15.8 Å². The Morgan fingerprint density at radius 1 is 0.926 bits per heavy atom. The summed E-state index contributed by atoms with van der Waals surface area (Å²) < 4.78 is 13.2. The second kappa shape index (κ2) is 7.78. The molecule has 0 bridgehead atoms. The van der Waals surface area contributed by atoms with Crippen molar-refractivity contribution in [2.24, 2.45) is 0 Å². The van der Waals surface area contributed by atoms with E-state index in [2.05, 4.69) is 15.6 Å². The molecule has 0 radical (unpaired) electrons. The standard InChI is InChI=1S/C21H18FN3O2/c1-13-6-7-18(14(2)10-13)25-20(26)15-8-9-23-19(11-15)21(27)24-17-5-3-4-16(22)12-17/h3-12H,1-2H3,(H,24,27)(H,25,26). The Morgan fingerprint density at radius 3 is 2.48 bits per heavy atom. The third-order valence-corrected chi connectivity index (χ3v) is 3.97. The molecule has 0 fully saturated rings. The normalized spacial score (nSPS) is 10.3. The average Bonchev–Trinajstić information content (AvgIpc) is 2.64. The highest BCUT2D eigenvalue weighted by Gasteiger charge is 2.13. The van der Waals surface area contributed by atoms with Crippen molar-refractivity contribution in [2.45, 2.75) is 13.8 Å². The molecule has 0 unspecified atom stereocenters. The molecule has 0 aliphatic heterocycles. The van der Waals surface area contributed by atoms with Crippen LogP contribution in [0.2, 0.25) is 0 Å². The highest BCUT2D eigenvalue weighted by Crippen LogP contribution is 2.17. The quantitative estimate of drug-likeness (QED) is 0.724. The second-order valence-corrected chi connectivity index (χ2v) is 6.17. The van der Waals surface area contributed by atoms with Crippen LogP contribution >= 0.6 is 0 Å². The van der Waals surface area contributed by atoms with Gasteiger partial charge in [-0.2, -0.15) is 0 Å². The van der Waals surface area contributed by atoms with Crippen LogP contribution in [0.15, 0.2) is 60.8 Å². The monoisotopic (exact) mass is 363 g/mol. The van der Waals surface area contributed by atoms with E-state index in [9.17, 15) is 14.0 Å². The number of halogens is 1. The largest absolute Gasteiger partial charge is 0.322 e. The van der Waals surface area contributed by atoms with Crippen LogP contribution < -0.4 is 10.6 Å². The van der Waals surface area contributed by atoms with Gasteiger partial charge in [-0.15, -0.1) is 0 Å². The van der Waals surface area contributed by atoms with Gasteiger partial charge in [-0.3, -0.25) is 14.6 Å². The van der Waals surface area contributed by atoms with Crippen molar-refractivity contribution < 1.29 is 14.0 Å². The number of carbonyl (C=O) groups excluding carboxylic acids is 2. The summed E-state index contributed by atoms with van der Waals surface area (Å²) in [7, 11) is 0. The molecular formula is C21H18FN3O2. The number of anilines is 2. The summed E-state index contributed by atoms with van der Waals surface area (Å²) in [6, 6.07) is 14.2. The van der Waals surface area contributed by atoms with E-state index in [1.807, 2.05) is 32.0 Å². The van der Waals surface area contributed by atoms with E-state index in [1.165, 1.54) is 36.5 Å². The summed E-state index contributed by atoms with van der Waals surface area (Å²) in [5, 5.41) is 5.39. The van der Waals surface area contributed by atoms with Crippen LogP contribution in [0, 0.1) is 19.7 Å². The molecular weight excluding hydrogens is 345 g/mol. The van der Waals surface area contributed by atoms with Gasteiger partial charge in [-0.1, -0.05) is 23.8 Å². The molecule has 0 saturated carbocycles. The van der Waals surface area contributed by atoms with Crippen molar-refractivity contribution in [3.63, 3.8) is 0 Å². The third-order valence-electron chi connectivity index (χ3n) is 3.97. The Bertz CT molecular complexity index is 1020. The van der Waals surface area contributed by atoms with Gasteiger partial charge in [0.1, 0.15) is 11.5 Å². The fourth-order valence-corrected chi connectivity index (χ4v) is 2.61. The SMILES string of the molecule is Cc1ccc(NC(=O)c2ccnc(C(=O)Nc3cccc(F)c3)c2)c(C)c1. The summed E-state index contributed by atoms with van der Waals surface area (Å²) in [5.74, 6) is -1.33. The van der Waals surface area contributed by atoms with Gasteiger partial charge < -0.3 is 10.6 Å². The van der Waals surface area contributed by atoms with Crippen LogP contribution in [0.5, 0.6) is 0 Å². The van der Waals surface area contributed by atoms with Gasteiger partial charge in [0.15, 0.2) is 0 Å². The minimum Gasteiger partial charge on any atom is -0.322 e. The number of aromatic nitrogens is 1. The van der Waals surface area contributed by atoms with E-state index in [4.69, 9.17) is 0 Å². The van der Waals surface area contributed by atoms with E-state index >= 15 is 0 Å². The van der Waals surface area contributed by atoms with Gasteiger partial charge in [0.2, 0.25) is 0 Å². The Morgan fingerprint density at radius 2 is 1.74 bits per heavy atom. The fourth-order valence-electron chi connectivity index (χ4n) is 2.61. The van der Waals surface area contributed by atoms with Crippen molar-refractivity contribution in [3.05, 3.63) is 89.0 Å². The molecule has 2 aromatic carbocycles. The smallest absolute Gasteiger partial charge is 0.274 e. The molecule has 3 rings (SSSR count). The predicted molar refractivity (Wildman–Crippen MR) is 102 cm³/mol. The van der Waals surface area contributed by atoms with Crippen molar-refractivity contribution in [1.29, 1.82) is 0 Å². The zero-order chi connectivity index (χ0) is 19.4. The molecule has 27 heavy (non-hydrogen) atoms. The minimum absolute atomic E-state index is 0.0625. The topological polar surface area (TPSA) is 71.1 Å². The fraction of sp³-hybridized carbons (Fsp3) is 0.0952. The summed E-state index contributed by atoms with van der Waals surface area (Å²) in [6.07, 6.45) is 1.39. The first kappa shape index (κ1) is 18.3. The summed E-state index contributed by atoms with van der Waals surface area (Å²) in [4.78, 5) is 28.8. The first-order valence-electron chi connectivity index (χ1n) is 8.34. The number of rotatable bonds is 4.